The summed E-state index contributed by atoms with van der Waals surface area (Å²) in [5, 5.41) is 9.05. The van der Waals surface area contributed by atoms with E-state index in [4.69, 9.17) is 14.6 Å². The van der Waals surface area contributed by atoms with Crippen LogP contribution in [0.4, 0.5) is 9.59 Å². The van der Waals surface area contributed by atoms with Gasteiger partial charge in [-0.2, -0.15) is 0 Å². The lowest BCUT2D eigenvalue weighted by Gasteiger charge is -2.40. The molecular weight excluding hydrogens is 264 g/mol. The zero-order valence-corrected chi connectivity index (χ0v) is 12.6. The predicted molar refractivity (Wildman–Crippen MR) is 72.8 cm³/mol. The first-order chi connectivity index (χ1) is 9.24. The second-order valence-electron chi connectivity index (χ2n) is 5.84. The van der Waals surface area contributed by atoms with Crippen molar-refractivity contribution < 1.29 is 24.2 Å². The highest BCUT2D eigenvalue weighted by Crippen LogP contribution is 2.18. The summed E-state index contributed by atoms with van der Waals surface area (Å²) in [5.41, 5.74) is -0.563. The molecule has 0 bridgehead atoms. The number of nitrogens with zero attached hydrogens (tertiary/aromatic N) is 2. The summed E-state index contributed by atoms with van der Waals surface area (Å²) in [6, 6.07) is -0.213. The maximum absolute atomic E-state index is 12.2. The van der Waals surface area contributed by atoms with Gasteiger partial charge in [-0.1, -0.05) is 0 Å². The smallest absolute Gasteiger partial charge is 0.410 e. The van der Waals surface area contributed by atoms with Crippen LogP contribution in [0.1, 0.15) is 27.2 Å². The third-order valence-corrected chi connectivity index (χ3v) is 3.04. The number of hydrogen-bond acceptors (Lipinski definition) is 4. The highest BCUT2D eigenvalue weighted by molar-refractivity contribution is 5.70. The molecule has 0 aliphatic carbocycles. The van der Waals surface area contributed by atoms with E-state index in [1.807, 2.05) is 20.8 Å². The van der Waals surface area contributed by atoms with Gasteiger partial charge in [0.25, 0.3) is 0 Å². The molecule has 20 heavy (non-hydrogen) atoms. The molecule has 116 valence electrons. The predicted octanol–water partition coefficient (Wildman–Crippen LogP) is 1.62. The molecule has 0 spiro atoms. The van der Waals surface area contributed by atoms with Crippen LogP contribution in [0.2, 0.25) is 0 Å². The van der Waals surface area contributed by atoms with Crippen molar-refractivity contribution in [3.8, 4) is 0 Å². The Kier molecular flexibility index (Phi) is 5.62. The third-order valence-electron chi connectivity index (χ3n) is 3.04. The van der Waals surface area contributed by atoms with Gasteiger partial charge in [0.1, 0.15) is 5.60 Å². The zero-order valence-electron chi connectivity index (χ0n) is 12.6. The van der Waals surface area contributed by atoms with Gasteiger partial charge in [0.2, 0.25) is 0 Å². The zero-order chi connectivity index (χ0) is 15.3. The fraction of sp³-hybridized carbons (Fsp3) is 0.846. The summed E-state index contributed by atoms with van der Waals surface area (Å²) in [7, 11) is 1.58. The van der Waals surface area contributed by atoms with Crippen LogP contribution < -0.4 is 0 Å². The fourth-order valence-corrected chi connectivity index (χ4v) is 2.09. The molecule has 1 N–H and O–H groups in total. The molecule has 1 aliphatic rings. The quantitative estimate of drug-likeness (QED) is 0.853. The van der Waals surface area contributed by atoms with E-state index in [2.05, 4.69) is 0 Å². The Morgan fingerprint density at radius 1 is 1.30 bits per heavy atom. The van der Waals surface area contributed by atoms with Crippen LogP contribution in [0.25, 0.3) is 0 Å². The van der Waals surface area contributed by atoms with E-state index in [-0.39, 0.29) is 12.6 Å². The second-order valence-corrected chi connectivity index (χ2v) is 5.84. The summed E-state index contributed by atoms with van der Waals surface area (Å²) < 4.78 is 10.4. The van der Waals surface area contributed by atoms with Gasteiger partial charge in [-0.25, -0.2) is 9.59 Å². The second kappa shape index (κ2) is 6.78. The van der Waals surface area contributed by atoms with Crippen LogP contribution in [0.5, 0.6) is 0 Å². The summed E-state index contributed by atoms with van der Waals surface area (Å²) in [6.07, 6.45) is -0.778. The van der Waals surface area contributed by atoms with Crippen molar-refractivity contribution in [2.45, 2.75) is 38.8 Å². The number of hydrogen-bond donors (Lipinski definition) is 1. The van der Waals surface area contributed by atoms with Crippen LogP contribution >= 0.6 is 0 Å². The Balaban J connectivity index is 2.71. The molecule has 1 atom stereocenters. The molecule has 1 unspecified atom stereocenters. The molecule has 0 aromatic heterocycles. The molecule has 7 nitrogen and oxygen atoms in total. The van der Waals surface area contributed by atoms with E-state index in [0.717, 1.165) is 0 Å². The SMILES string of the molecule is COCCC1CN(C(=O)O)CCN1C(=O)OC(C)(C)C. The van der Waals surface area contributed by atoms with Gasteiger partial charge < -0.3 is 24.4 Å². The molecule has 1 heterocycles. The van der Waals surface area contributed by atoms with Crippen molar-refractivity contribution in [2.75, 3.05) is 33.4 Å². The maximum Gasteiger partial charge on any atom is 0.410 e. The number of rotatable bonds is 3. The Morgan fingerprint density at radius 3 is 2.45 bits per heavy atom. The van der Waals surface area contributed by atoms with E-state index >= 15 is 0 Å². The van der Waals surface area contributed by atoms with E-state index < -0.39 is 17.8 Å². The number of carboxylic acid groups (broad SMARTS) is 1. The Bertz CT molecular complexity index is 353. The minimum atomic E-state index is -0.962. The van der Waals surface area contributed by atoms with Crippen LogP contribution in [0.3, 0.4) is 0 Å². The van der Waals surface area contributed by atoms with Crippen LogP contribution in [0.15, 0.2) is 0 Å². The van der Waals surface area contributed by atoms with E-state index in [0.29, 0.717) is 26.1 Å². The first-order valence-corrected chi connectivity index (χ1v) is 6.71. The lowest BCUT2D eigenvalue weighted by atomic mass is 10.1. The summed E-state index contributed by atoms with van der Waals surface area (Å²) in [4.78, 5) is 26.1. The van der Waals surface area contributed by atoms with Gasteiger partial charge in [0.15, 0.2) is 0 Å². The minimum absolute atomic E-state index is 0.213. The van der Waals surface area contributed by atoms with Gasteiger partial charge in [-0.3, -0.25) is 0 Å². The summed E-state index contributed by atoms with van der Waals surface area (Å²) in [6.45, 7) is 6.83. The van der Waals surface area contributed by atoms with Gasteiger partial charge in [0, 0.05) is 33.4 Å². The number of ether oxygens (including phenoxy) is 2. The standard InChI is InChI=1S/C13H24N2O5/c1-13(2,3)20-12(18)15-7-6-14(11(16)17)9-10(15)5-8-19-4/h10H,5-9H2,1-4H3,(H,16,17). The Hall–Kier alpha value is -1.50. The molecule has 1 rings (SSSR count). The molecule has 2 amide bonds. The molecule has 0 radical (unpaired) electrons. The first-order valence-electron chi connectivity index (χ1n) is 6.71. The maximum atomic E-state index is 12.2. The first kappa shape index (κ1) is 16.6. The van der Waals surface area contributed by atoms with Gasteiger partial charge in [-0.15, -0.1) is 0 Å². The molecular formula is C13H24N2O5. The fourth-order valence-electron chi connectivity index (χ4n) is 2.09. The van der Waals surface area contributed by atoms with Crippen LogP contribution in [-0.4, -0.2) is 72.1 Å². The van der Waals surface area contributed by atoms with Crippen LogP contribution in [-0.2, 0) is 9.47 Å². The highest BCUT2D eigenvalue weighted by atomic mass is 16.6. The average Bonchev–Trinajstić information content (AvgIpc) is 2.33. The molecule has 1 saturated heterocycles. The lowest BCUT2D eigenvalue weighted by molar-refractivity contribution is -0.00477. The molecule has 7 heteroatoms. The number of carbonyl (C=O) groups is 2. The van der Waals surface area contributed by atoms with Gasteiger partial charge in [0.05, 0.1) is 6.04 Å². The van der Waals surface area contributed by atoms with E-state index in [9.17, 15) is 9.59 Å². The Labute approximate surface area is 119 Å². The number of piperazine rings is 1. The minimum Gasteiger partial charge on any atom is -0.465 e. The molecule has 0 aromatic rings. The van der Waals surface area contributed by atoms with Crippen molar-refractivity contribution in [3.05, 3.63) is 0 Å². The summed E-state index contributed by atoms with van der Waals surface area (Å²) in [5.74, 6) is 0. The van der Waals surface area contributed by atoms with Crippen molar-refractivity contribution in [1.82, 2.24) is 9.80 Å². The average molecular weight is 288 g/mol. The van der Waals surface area contributed by atoms with Crippen molar-refractivity contribution >= 4 is 12.2 Å². The van der Waals surface area contributed by atoms with E-state index in [1.54, 1.807) is 12.0 Å². The number of methoxy groups -OCH3 is 1. The molecule has 0 aromatic carbocycles. The third kappa shape index (κ3) is 4.88. The summed E-state index contributed by atoms with van der Waals surface area (Å²) >= 11 is 0. The van der Waals surface area contributed by atoms with Crippen molar-refractivity contribution in [2.24, 2.45) is 0 Å². The van der Waals surface area contributed by atoms with Crippen LogP contribution in [0, 0.1) is 0 Å². The normalized spacial score (nSPS) is 19.9. The number of amides is 2. The van der Waals surface area contributed by atoms with Gasteiger partial charge in [-0.05, 0) is 27.2 Å². The lowest BCUT2D eigenvalue weighted by Crippen LogP contribution is -2.57. The van der Waals surface area contributed by atoms with Gasteiger partial charge >= 0.3 is 12.2 Å². The highest BCUT2D eigenvalue weighted by Gasteiger charge is 2.34. The monoisotopic (exact) mass is 288 g/mol. The molecule has 0 saturated carbocycles. The largest absolute Gasteiger partial charge is 0.465 e. The van der Waals surface area contributed by atoms with E-state index in [1.165, 1.54) is 4.90 Å². The number of carbonyl (C=O) groups excluding carboxylic acids is 1. The van der Waals surface area contributed by atoms with Crippen molar-refractivity contribution in [3.63, 3.8) is 0 Å². The topological polar surface area (TPSA) is 79.3 Å². The van der Waals surface area contributed by atoms with Crippen molar-refractivity contribution in [1.29, 1.82) is 0 Å². The molecule has 1 fully saturated rings. The molecule has 1 aliphatic heterocycles. The Morgan fingerprint density at radius 2 is 1.95 bits per heavy atom.